The zero-order valence-electron chi connectivity index (χ0n) is 6.55. The van der Waals surface area contributed by atoms with E-state index >= 15 is 0 Å². The van der Waals surface area contributed by atoms with Crippen LogP contribution in [0.2, 0.25) is 0 Å². The van der Waals surface area contributed by atoms with Gasteiger partial charge >= 0.3 is 5.97 Å². The molecule has 10 heavy (non-hydrogen) atoms. The van der Waals surface area contributed by atoms with Gasteiger partial charge in [-0.05, 0) is 19.4 Å². The number of carbonyl (C=O) groups excluding carboxylic acids is 1. The van der Waals surface area contributed by atoms with Gasteiger partial charge in [-0.25, -0.2) is 4.79 Å². The first kappa shape index (κ1) is 8.95. The summed E-state index contributed by atoms with van der Waals surface area (Å²) in [5, 5.41) is 0. The van der Waals surface area contributed by atoms with Crippen molar-refractivity contribution < 1.29 is 9.53 Å². The highest BCUT2D eigenvalue weighted by molar-refractivity contribution is 5.83. The second-order valence-electron chi connectivity index (χ2n) is 1.91. The number of esters is 1. The summed E-state index contributed by atoms with van der Waals surface area (Å²) >= 11 is 0. The van der Waals surface area contributed by atoms with E-state index in [0.29, 0.717) is 0 Å². The molecule has 0 saturated heterocycles. The molecule has 0 radical (unpaired) electrons. The Morgan fingerprint density at radius 1 is 1.50 bits per heavy atom. The molecule has 0 atom stereocenters. The van der Waals surface area contributed by atoms with Crippen molar-refractivity contribution >= 4 is 5.97 Å². The van der Waals surface area contributed by atoms with Gasteiger partial charge in [0, 0.05) is 6.08 Å². The maximum atomic E-state index is 10.6. The fourth-order valence-electron chi connectivity index (χ4n) is 0.556. The van der Waals surface area contributed by atoms with E-state index in [-0.39, 0.29) is 5.97 Å². The predicted octanol–water partition coefficient (Wildman–Crippen LogP) is 1.68. The smallest absolute Gasteiger partial charge is 0.330 e. The van der Waals surface area contributed by atoms with Crippen molar-refractivity contribution in [3.8, 4) is 0 Å². The van der Waals surface area contributed by atoms with Crippen molar-refractivity contribution in [2.45, 2.75) is 13.8 Å². The van der Waals surface area contributed by atoms with Gasteiger partial charge in [-0.3, -0.25) is 0 Å². The van der Waals surface area contributed by atoms with Crippen LogP contribution in [-0.2, 0) is 9.53 Å². The molecule has 0 aromatic rings. The third kappa shape index (κ3) is 3.89. The number of rotatable bonds is 2. The molecule has 0 aromatic heterocycles. The first-order valence-corrected chi connectivity index (χ1v) is 3.09. The Morgan fingerprint density at radius 3 is 2.50 bits per heavy atom. The minimum absolute atomic E-state index is 0.310. The predicted molar refractivity (Wildman–Crippen MR) is 40.6 cm³/mol. The maximum absolute atomic E-state index is 10.6. The fourth-order valence-corrected chi connectivity index (χ4v) is 0.556. The van der Waals surface area contributed by atoms with E-state index in [9.17, 15) is 4.79 Å². The molecule has 0 N–H and O–H groups in total. The highest BCUT2D eigenvalue weighted by Gasteiger charge is 1.91. The van der Waals surface area contributed by atoms with E-state index in [1.165, 1.54) is 13.2 Å². The first-order chi connectivity index (χ1) is 4.70. The van der Waals surface area contributed by atoms with E-state index in [4.69, 9.17) is 0 Å². The molecule has 2 heteroatoms. The van der Waals surface area contributed by atoms with Gasteiger partial charge in [0.05, 0.1) is 7.11 Å². The van der Waals surface area contributed by atoms with E-state index in [0.717, 1.165) is 5.57 Å². The summed E-state index contributed by atoms with van der Waals surface area (Å²) in [5.74, 6) is -0.310. The Bertz CT molecular complexity index is 166. The zero-order valence-corrected chi connectivity index (χ0v) is 6.55. The van der Waals surface area contributed by atoms with Crippen LogP contribution >= 0.6 is 0 Å². The van der Waals surface area contributed by atoms with Crippen LogP contribution in [0, 0.1) is 0 Å². The minimum Gasteiger partial charge on any atom is -0.466 e. The molecule has 0 aliphatic heterocycles. The number of methoxy groups -OCH3 is 1. The van der Waals surface area contributed by atoms with Crippen LogP contribution in [0.5, 0.6) is 0 Å². The second-order valence-corrected chi connectivity index (χ2v) is 1.91. The quantitative estimate of drug-likeness (QED) is 0.331. The van der Waals surface area contributed by atoms with Gasteiger partial charge in [0.25, 0.3) is 0 Å². The fraction of sp³-hybridized carbons (Fsp3) is 0.375. The van der Waals surface area contributed by atoms with Crippen LogP contribution in [0.1, 0.15) is 13.8 Å². The summed E-state index contributed by atoms with van der Waals surface area (Å²) in [6.45, 7) is 3.74. The van der Waals surface area contributed by atoms with Crippen molar-refractivity contribution in [3.63, 3.8) is 0 Å². The van der Waals surface area contributed by atoms with Crippen LogP contribution in [-0.4, -0.2) is 13.1 Å². The maximum Gasteiger partial charge on any atom is 0.330 e. The van der Waals surface area contributed by atoms with E-state index < -0.39 is 0 Å². The lowest BCUT2D eigenvalue weighted by Gasteiger charge is -1.91. The van der Waals surface area contributed by atoms with Gasteiger partial charge in [0.2, 0.25) is 0 Å². The molecule has 0 saturated carbocycles. The Labute approximate surface area is 61.2 Å². The monoisotopic (exact) mass is 140 g/mol. The Kier molecular flexibility index (Phi) is 4.29. The summed E-state index contributed by atoms with van der Waals surface area (Å²) < 4.78 is 4.42. The van der Waals surface area contributed by atoms with Crippen molar-refractivity contribution in [1.82, 2.24) is 0 Å². The summed E-state index contributed by atoms with van der Waals surface area (Å²) in [5.41, 5.74) is 0.898. The van der Waals surface area contributed by atoms with Gasteiger partial charge in [0.1, 0.15) is 0 Å². The van der Waals surface area contributed by atoms with Gasteiger partial charge in [0.15, 0.2) is 0 Å². The van der Waals surface area contributed by atoms with E-state index in [1.54, 1.807) is 0 Å². The zero-order chi connectivity index (χ0) is 7.98. The molecule has 0 spiro atoms. The lowest BCUT2D eigenvalue weighted by molar-refractivity contribution is -0.134. The summed E-state index contributed by atoms with van der Waals surface area (Å²) in [6, 6.07) is 0. The number of ether oxygens (including phenoxy) is 1. The highest BCUT2D eigenvalue weighted by Crippen LogP contribution is 1.94. The molecule has 0 aliphatic rings. The average molecular weight is 140 g/mol. The SMILES string of the molecule is C/C=C/C(C)=C/C(=O)OC. The molecule has 56 valence electrons. The average Bonchev–Trinajstić information content (AvgIpc) is 1.88. The molecule has 0 aliphatic carbocycles. The molecule has 0 bridgehead atoms. The summed E-state index contributed by atoms with van der Waals surface area (Å²) in [4.78, 5) is 10.6. The Morgan fingerprint density at radius 2 is 2.10 bits per heavy atom. The van der Waals surface area contributed by atoms with Gasteiger partial charge in [-0.1, -0.05) is 12.2 Å². The van der Waals surface area contributed by atoms with Gasteiger partial charge in [-0.2, -0.15) is 0 Å². The number of hydrogen-bond donors (Lipinski definition) is 0. The largest absolute Gasteiger partial charge is 0.466 e. The third-order valence-corrected chi connectivity index (χ3v) is 0.976. The van der Waals surface area contributed by atoms with E-state index in [1.807, 2.05) is 26.0 Å². The number of hydrogen-bond acceptors (Lipinski definition) is 2. The molecule has 0 heterocycles. The van der Waals surface area contributed by atoms with Crippen molar-refractivity contribution in [1.29, 1.82) is 0 Å². The van der Waals surface area contributed by atoms with E-state index in [2.05, 4.69) is 4.74 Å². The topological polar surface area (TPSA) is 26.3 Å². The van der Waals surface area contributed by atoms with Gasteiger partial charge < -0.3 is 4.74 Å². The van der Waals surface area contributed by atoms with Crippen molar-refractivity contribution in [2.24, 2.45) is 0 Å². The molecule has 0 fully saturated rings. The standard InChI is InChI=1S/C8H12O2/c1-4-5-7(2)6-8(9)10-3/h4-6H,1-3H3/b5-4+,7-6+. The van der Waals surface area contributed by atoms with Crippen molar-refractivity contribution in [2.75, 3.05) is 7.11 Å². The lowest BCUT2D eigenvalue weighted by Crippen LogP contribution is -1.94. The normalized spacial score (nSPS) is 12.1. The molecule has 0 rings (SSSR count). The third-order valence-electron chi connectivity index (χ3n) is 0.976. The van der Waals surface area contributed by atoms with Crippen LogP contribution in [0.15, 0.2) is 23.8 Å². The summed E-state index contributed by atoms with van der Waals surface area (Å²) in [6.07, 6.45) is 5.16. The first-order valence-electron chi connectivity index (χ1n) is 3.09. The summed E-state index contributed by atoms with van der Waals surface area (Å²) in [7, 11) is 1.36. The van der Waals surface area contributed by atoms with Gasteiger partial charge in [-0.15, -0.1) is 0 Å². The lowest BCUT2D eigenvalue weighted by atomic mass is 10.2. The van der Waals surface area contributed by atoms with Crippen LogP contribution in [0.4, 0.5) is 0 Å². The minimum atomic E-state index is -0.310. The van der Waals surface area contributed by atoms with Crippen LogP contribution < -0.4 is 0 Å². The molecule has 0 amide bonds. The van der Waals surface area contributed by atoms with Crippen molar-refractivity contribution in [3.05, 3.63) is 23.8 Å². The molecule has 0 unspecified atom stereocenters. The van der Waals surface area contributed by atoms with Crippen LogP contribution in [0.3, 0.4) is 0 Å². The van der Waals surface area contributed by atoms with Crippen LogP contribution in [0.25, 0.3) is 0 Å². The second kappa shape index (κ2) is 4.79. The molecule has 0 aromatic carbocycles. The molecule has 2 nitrogen and oxygen atoms in total. The molecular weight excluding hydrogens is 128 g/mol. The Hall–Kier alpha value is -1.05. The Balaban J connectivity index is 4.02. The number of carbonyl (C=O) groups is 1. The molecular formula is C8H12O2. The highest BCUT2D eigenvalue weighted by atomic mass is 16.5. The number of allylic oxidation sites excluding steroid dienone is 3.